The second kappa shape index (κ2) is 5.71. The summed E-state index contributed by atoms with van der Waals surface area (Å²) in [6, 6.07) is 1.84. The van der Waals surface area contributed by atoms with Crippen LogP contribution in [0.5, 0.6) is 5.75 Å². The van der Waals surface area contributed by atoms with Crippen molar-refractivity contribution < 1.29 is 9.53 Å². The smallest absolute Gasteiger partial charge is 0.267 e. The molecule has 4 nitrogen and oxygen atoms in total. The summed E-state index contributed by atoms with van der Waals surface area (Å²) in [4.78, 5) is 15.0. The Kier molecular flexibility index (Phi) is 4.24. The molecule has 1 fully saturated rings. The largest absolute Gasteiger partial charge is 0.495 e. The third-order valence-corrected chi connectivity index (χ3v) is 4.63. The molecule has 1 saturated heterocycles. The number of carbonyl (C=O) groups is 1. The van der Waals surface area contributed by atoms with Gasteiger partial charge in [0, 0.05) is 13.1 Å². The summed E-state index contributed by atoms with van der Waals surface area (Å²) in [7, 11) is 1.60. The first-order valence-electron chi connectivity index (χ1n) is 6.28. The van der Waals surface area contributed by atoms with Crippen LogP contribution in [-0.2, 0) is 0 Å². The number of rotatable bonds is 3. The molecule has 0 spiro atoms. The Labute approximate surface area is 112 Å². The lowest BCUT2D eigenvalue weighted by Gasteiger charge is -2.36. The van der Waals surface area contributed by atoms with Crippen molar-refractivity contribution in [1.82, 2.24) is 4.90 Å². The summed E-state index contributed by atoms with van der Waals surface area (Å²) < 4.78 is 5.21. The second-order valence-corrected chi connectivity index (χ2v) is 5.75. The summed E-state index contributed by atoms with van der Waals surface area (Å²) in [6.45, 7) is 4.44. The highest BCUT2D eigenvalue weighted by molar-refractivity contribution is 7.12. The summed E-state index contributed by atoms with van der Waals surface area (Å²) in [6.07, 6.45) is 1.03. The molecule has 1 aromatic rings. The Hall–Kier alpha value is -1.07. The number of ether oxygens (including phenoxy) is 1. The van der Waals surface area contributed by atoms with Gasteiger partial charge in [-0.2, -0.15) is 0 Å². The molecule has 1 aliphatic heterocycles. The van der Waals surface area contributed by atoms with Gasteiger partial charge >= 0.3 is 0 Å². The monoisotopic (exact) mass is 268 g/mol. The molecule has 100 valence electrons. The van der Waals surface area contributed by atoms with Gasteiger partial charge in [-0.05, 0) is 36.2 Å². The number of hydrogen-bond acceptors (Lipinski definition) is 4. The van der Waals surface area contributed by atoms with Crippen molar-refractivity contribution >= 4 is 17.2 Å². The van der Waals surface area contributed by atoms with Gasteiger partial charge in [0.25, 0.3) is 5.91 Å². The Balaban J connectivity index is 2.10. The van der Waals surface area contributed by atoms with Crippen molar-refractivity contribution in [3.05, 3.63) is 16.3 Å². The van der Waals surface area contributed by atoms with E-state index in [1.807, 2.05) is 16.3 Å². The number of amides is 1. The molecule has 2 atom stereocenters. The van der Waals surface area contributed by atoms with Gasteiger partial charge < -0.3 is 15.4 Å². The Morgan fingerprint density at radius 2 is 2.44 bits per heavy atom. The number of piperidine rings is 1. The molecule has 2 heterocycles. The maximum Gasteiger partial charge on any atom is 0.267 e. The van der Waals surface area contributed by atoms with Crippen LogP contribution < -0.4 is 10.5 Å². The van der Waals surface area contributed by atoms with E-state index >= 15 is 0 Å². The number of nitrogens with zero attached hydrogens (tertiary/aromatic N) is 1. The minimum atomic E-state index is 0.0761. The fraction of sp³-hybridized carbons (Fsp3) is 0.615. The Morgan fingerprint density at radius 3 is 3.11 bits per heavy atom. The van der Waals surface area contributed by atoms with Gasteiger partial charge in [0.2, 0.25) is 0 Å². The van der Waals surface area contributed by atoms with Gasteiger partial charge in [-0.15, -0.1) is 11.3 Å². The summed E-state index contributed by atoms with van der Waals surface area (Å²) in [5.74, 6) is 1.76. The van der Waals surface area contributed by atoms with Crippen molar-refractivity contribution in [3.63, 3.8) is 0 Å². The zero-order chi connectivity index (χ0) is 13.1. The van der Waals surface area contributed by atoms with Crippen molar-refractivity contribution in [2.75, 3.05) is 26.7 Å². The van der Waals surface area contributed by atoms with Crippen LogP contribution in [-0.4, -0.2) is 37.6 Å². The lowest BCUT2D eigenvalue weighted by Crippen LogP contribution is -2.45. The maximum atomic E-state index is 12.4. The molecule has 0 aromatic carbocycles. The molecule has 0 radical (unpaired) electrons. The van der Waals surface area contributed by atoms with E-state index in [4.69, 9.17) is 10.5 Å². The molecule has 2 unspecified atom stereocenters. The first kappa shape index (κ1) is 13.4. The zero-order valence-electron chi connectivity index (χ0n) is 10.9. The molecule has 1 amide bonds. The molecule has 2 rings (SSSR count). The Morgan fingerprint density at radius 1 is 1.67 bits per heavy atom. The van der Waals surface area contributed by atoms with E-state index in [9.17, 15) is 4.79 Å². The molecule has 0 aliphatic carbocycles. The van der Waals surface area contributed by atoms with Crippen molar-refractivity contribution in [2.45, 2.75) is 13.3 Å². The van der Waals surface area contributed by atoms with Crippen LogP contribution in [0.15, 0.2) is 11.4 Å². The van der Waals surface area contributed by atoms with Crippen LogP contribution >= 0.6 is 11.3 Å². The highest BCUT2D eigenvalue weighted by atomic mass is 32.1. The summed E-state index contributed by atoms with van der Waals surface area (Å²) in [5.41, 5.74) is 5.77. The fourth-order valence-corrected chi connectivity index (χ4v) is 3.22. The van der Waals surface area contributed by atoms with E-state index in [0.717, 1.165) is 19.5 Å². The minimum Gasteiger partial charge on any atom is -0.495 e. The normalized spacial score (nSPS) is 24.1. The number of thiophene rings is 1. The predicted octanol–water partition coefficient (Wildman–Crippen LogP) is 1.81. The van der Waals surface area contributed by atoms with E-state index in [2.05, 4.69) is 6.92 Å². The predicted molar refractivity (Wildman–Crippen MR) is 73.1 cm³/mol. The first-order chi connectivity index (χ1) is 8.67. The lowest BCUT2D eigenvalue weighted by atomic mass is 9.87. The Bertz CT molecular complexity index is 419. The quantitative estimate of drug-likeness (QED) is 0.909. The van der Waals surface area contributed by atoms with Crippen molar-refractivity contribution in [3.8, 4) is 5.75 Å². The van der Waals surface area contributed by atoms with E-state index in [-0.39, 0.29) is 5.91 Å². The topological polar surface area (TPSA) is 55.6 Å². The molecular formula is C13H20N2O2S. The second-order valence-electron chi connectivity index (χ2n) is 4.83. The number of carbonyl (C=O) groups excluding carboxylic acids is 1. The van der Waals surface area contributed by atoms with Crippen LogP contribution in [0.3, 0.4) is 0 Å². The molecule has 0 saturated carbocycles. The molecule has 5 heteroatoms. The van der Waals surface area contributed by atoms with Crippen LogP contribution in [0.25, 0.3) is 0 Å². The standard InChI is InChI=1S/C13H20N2O2S/c1-9-3-5-15(8-10(9)7-14)13(16)12-11(17-2)4-6-18-12/h4,6,9-10H,3,5,7-8,14H2,1-2H3. The van der Waals surface area contributed by atoms with Crippen molar-refractivity contribution in [2.24, 2.45) is 17.6 Å². The average Bonchev–Trinajstić information content (AvgIpc) is 2.86. The van der Waals surface area contributed by atoms with Crippen LogP contribution in [0.4, 0.5) is 0 Å². The van der Waals surface area contributed by atoms with E-state index < -0.39 is 0 Å². The van der Waals surface area contributed by atoms with Gasteiger partial charge in [-0.25, -0.2) is 0 Å². The van der Waals surface area contributed by atoms with E-state index in [1.54, 1.807) is 7.11 Å². The minimum absolute atomic E-state index is 0.0761. The third kappa shape index (κ3) is 2.52. The third-order valence-electron chi connectivity index (χ3n) is 3.75. The van der Waals surface area contributed by atoms with Gasteiger partial charge in [0.1, 0.15) is 10.6 Å². The fourth-order valence-electron chi connectivity index (χ4n) is 2.40. The van der Waals surface area contributed by atoms with Gasteiger partial charge in [0.05, 0.1) is 7.11 Å². The van der Waals surface area contributed by atoms with Gasteiger partial charge in [-0.1, -0.05) is 6.92 Å². The number of hydrogen-bond donors (Lipinski definition) is 1. The molecule has 1 aliphatic rings. The molecule has 18 heavy (non-hydrogen) atoms. The van der Waals surface area contributed by atoms with Crippen LogP contribution in [0.2, 0.25) is 0 Å². The SMILES string of the molecule is COc1ccsc1C(=O)N1CCC(C)C(CN)C1. The van der Waals surface area contributed by atoms with E-state index in [0.29, 0.717) is 29.0 Å². The van der Waals surface area contributed by atoms with Crippen molar-refractivity contribution in [1.29, 1.82) is 0 Å². The molecule has 2 N–H and O–H groups in total. The lowest BCUT2D eigenvalue weighted by molar-refractivity contribution is 0.0620. The van der Waals surface area contributed by atoms with Gasteiger partial charge in [0.15, 0.2) is 0 Å². The highest BCUT2D eigenvalue weighted by Crippen LogP contribution is 2.29. The maximum absolute atomic E-state index is 12.4. The number of nitrogens with two attached hydrogens (primary N) is 1. The highest BCUT2D eigenvalue weighted by Gasteiger charge is 2.30. The summed E-state index contributed by atoms with van der Waals surface area (Å²) in [5, 5.41) is 1.89. The zero-order valence-corrected chi connectivity index (χ0v) is 11.7. The molecule has 1 aromatic heterocycles. The van der Waals surface area contributed by atoms with E-state index in [1.165, 1.54) is 11.3 Å². The number of methoxy groups -OCH3 is 1. The average molecular weight is 268 g/mol. The first-order valence-corrected chi connectivity index (χ1v) is 7.16. The van der Waals surface area contributed by atoms with Gasteiger partial charge in [-0.3, -0.25) is 4.79 Å². The van der Waals surface area contributed by atoms with Crippen LogP contribution in [0.1, 0.15) is 23.0 Å². The summed E-state index contributed by atoms with van der Waals surface area (Å²) >= 11 is 1.44. The molecule has 0 bridgehead atoms. The van der Waals surface area contributed by atoms with Crippen LogP contribution in [0, 0.1) is 11.8 Å². The molecular weight excluding hydrogens is 248 g/mol. The number of likely N-dealkylation sites (tertiary alicyclic amines) is 1.